The summed E-state index contributed by atoms with van der Waals surface area (Å²) in [5, 5.41) is 0. The van der Waals surface area contributed by atoms with Crippen molar-refractivity contribution in [3.63, 3.8) is 0 Å². The van der Waals surface area contributed by atoms with Crippen LogP contribution in [0.15, 0.2) is 41.5 Å². The van der Waals surface area contributed by atoms with E-state index in [1.807, 2.05) is 0 Å². The molecule has 0 radical (unpaired) electrons. The minimum Gasteiger partial charge on any atom is -0.494 e. The van der Waals surface area contributed by atoms with Gasteiger partial charge in [0.25, 0.3) is 0 Å². The van der Waals surface area contributed by atoms with Gasteiger partial charge in [-0.15, -0.1) is 0 Å². The summed E-state index contributed by atoms with van der Waals surface area (Å²) in [4.78, 5) is 11.1. The van der Waals surface area contributed by atoms with E-state index in [0.29, 0.717) is 6.54 Å². The highest BCUT2D eigenvalue weighted by Gasteiger charge is 2.04. The van der Waals surface area contributed by atoms with E-state index >= 15 is 0 Å². The normalized spacial score (nSPS) is 10.3. The molecule has 18 heavy (non-hydrogen) atoms. The minimum absolute atomic E-state index is 0.173. The van der Waals surface area contributed by atoms with Crippen LogP contribution < -0.4 is 15.9 Å². The number of ether oxygens (including phenoxy) is 1. The smallest absolute Gasteiger partial charge is 0.204 e. The summed E-state index contributed by atoms with van der Waals surface area (Å²) in [5.41, 5.74) is 6.24. The monoisotopic (exact) mass is 248 g/mol. The SMILES string of the molecule is COc1ccc(Cn2ccc(=O)c(N)c2)cc1F. The summed E-state index contributed by atoms with van der Waals surface area (Å²) >= 11 is 0. The first-order valence-corrected chi connectivity index (χ1v) is 5.38. The van der Waals surface area contributed by atoms with Gasteiger partial charge < -0.3 is 15.0 Å². The molecule has 1 heterocycles. The molecule has 0 aliphatic carbocycles. The molecule has 0 spiro atoms. The van der Waals surface area contributed by atoms with E-state index in [0.717, 1.165) is 5.56 Å². The fourth-order valence-electron chi connectivity index (χ4n) is 1.66. The molecule has 0 saturated heterocycles. The lowest BCUT2D eigenvalue weighted by atomic mass is 10.2. The molecule has 0 amide bonds. The van der Waals surface area contributed by atoms with Gasteiger partial charge in [0.1, 0.15) is 0 Å². The van der Waals surface area contributed by atoms with Crippen molar-refractivity contribution in [3.05, 3.63) is 58.3 Å². The van der Waals surface area contributed by atoms with Crippen LogP contribution in [0.1, 0.15) is 5.56 Å². The summed E-state index contributed by atoms with van der Waals surface area (Å²) in [6.07, 6.45) is 3.14. The van der Waals surface area contributed by atoms with E-state index in [2.05, 4.69) is 0 Å². The first-order valence-electron chi connectivity index (χ1n) is 5.38. The third-order valence-electron chi connectivity index (χ3n) is 2.59. The van der Waals surface area contributed by atoms with E-state index in [9.17, 15) is 9.18 Å². The molecule has 2 rings (SSSR count). The first kappa shape index (κ1) is 12.2. The Morgan fingerprint density at radius 2 is 2.17 bits per heavy atom. The average molecular weight is 248 g/mol. The second-order valence-electron chi connectivity index (χ2n) is 3.91. The molecule has 2 aromatic rings. The lowest BCUT2D eigenvalue weighted by Crippen LogP contribution is -2.11. The van der Waals surface area contributed by atoms with Crippen molar-refractivity contribution in [2.24, 2.45) is 0 Å². The fourth-order valence-corrected chi connectivity index (χ4v) is 1.66. The van der Waals surface area contributed by atoms with Crippen LogP contribution in [0.5, 0.6) is 5.75 Å². The number of rotatable bonds is 3. The molecule has 1 aromatic heterocycles. The Balaban J connectivity index is 2.25. The molecule has 1 aromatic carbocycles. The molecular formula is C13H13FN2O2. The number of methoxy groups -OCH3 is 1. The molecule has 0 aliphatic rings. The Kier molecular flexibility index (Phi) is 3.32. The van der Waals surface area contributed by atoms with E-state index in [1.54, 1.807) is 22.9 Å². The van der Waals surface area contributed by atoms with Crippen molar-refractivity contribution in [2.45, 2.75) is 6.54 Å². The molecule has 2 N–H and O–H groups in total. The third kappa shape index (κ3) is 2.51. The standard InChI is InChI=1S/C13H13FN2O2/c1-18-13-3-2-9(6-10(13)14)7-16-5-4-12(17)11(15)8-16/h2-6,8H,7,15H2,1H3. The summed E-state index contributed by atoms with van der Waals surface area (Å²) in [7, 11) is 1.42. The molecule has 0 atom stereocenters. The van der Waals surface area contributed by atoms with Crippen LogP contribution in [-0.4, -0.2) is 11.7 Å². The largest absolute Gasteiger partial charge is 0.494 e. The van der Waals surface area contributed by atoms with Crippen molar-refractivity contribution < 1.29 is 9.13 Å². The van der Waals surface area contributed by atoms with Crippen molar-refractivity contribution in [1.82, 2.24) is 4.57 Å². The molecule has 0 aliphatic heterocycles. The highest BCUT2D eigenvalue weighted by atomic mass is 19.1. The summed E-state index contributed by atoms with van der Waals surface area (Å²) in [6.45, 7) is 0.436. The van der Waals surface area contributed by atoms with E-state index < -0.39 is 5.82 Å². The van der Waals surface area contributed by atoms with Gasteiger partial charge in [0, 0.05) is 25.0 Å². The zero-order valence-electron chi connectivity index (χ0n) is 9.89. The summed E-state index contributed by atoms with van der Waals surface area (Å²) in [6, 6.07) is 6.11. The van der Waals surface area contributed by atoms with Gasteiger partial charge in [0.2, 0.25) is 5.43 Å². The van der Waals surface area contributed by atoms with Gasteiger partial charge in [-0.2, -0.15) is 0 Å². The third-order valence-corrected chi connectivity index (χ3v) is 2.59. The molecule has 0 bridgehead atoms. The molecular weight excluding hydrogens is 235 g/mol. The second-order valence-corrected chi connectivity index (χ2v) is 3.91. The topological polar surface area (TPSA) is 57.2 Å². The highest BCUT2D eigenvalue weighted by molar-refractivity contribution is 5.34. The summed E-state index contributed by atoms with van der Waals surface area (Å²) in [5.74, 6) is -0.206. The predicted molar refractivity (Wildman–Crippen MR) is 67.2 cm³/mol. The van der Waals surface area contributed by atoms with Crippen molar-refractivity contribution >= 4 is 5.69 Å². The van der Waals surface area contributed by atoms with Crippen molar-refractivity contribution in [3.8, 4) is 5.75 Å². The highest BCUT2D eigenvalue weighted by Crippen LogP contribution is 2.18. The lowest BCUT2D eigenvalue weighted by Gasteiger charge is -2.08. The van der Waals surface area contributed by atoms with Crippen molar-refractivity contribution in [2.75, 3.05) is 12.8 Å². The number of nitrogens with two attached hydrogens (primary N) is 1. The van der Waals surface area contributed by atoms with Crippen LogP contribution in [0.2, 0.25) is 0 Å². The minimum atomic E-state index is -0.413. The van der Waals surface area contributed by atoms with Gasteiger partial charge in [-0.3, -0.25) is 4.79 Å². The van der Waals surface area contributed by atoms with E-state index in [4.69, 9.17) is 10.5 Å². The van der Waals surface area contributed by atoms with Gasteiger partial charge in [-0.05, 0) is 17.7 Å². The van der Waals surface area contributed by atoms with Gasteiger partial charge in [0.15, 0.2) is 11.6 Å². The number of benzene rings is 1. The van der Waals surface area contributed by atoms with Crippen LogP contribution in [0.3, 0.4) is 0 Å². The van der Waals surface area contributed by atoms with Gasteiger partial charge in [0.05, 0.1) is 12.8 Å². The zero-order valence-corrected chi connectivity index (χ0v) is 9.89. The molecule has 4 nitrogen and oxygen atoms in total. The predicted octanol–water partition coefficient (Wildman–Crippen LogP) is 1.63. The Morgan fingerprint density at radius 3 is 2.78 bits per heavy atom. The number of anilines is 1. The van der Waals surface area contributed by atoms with Crippen LogP contribution in [0.4, 0.5) is 10.1 Å². The number of halogens is 1. The molecule has 5 heteroatoms. The molecule has 0 unspecified atom stereocenters. The van der Waals surface area contributed by atoms with Crippen LogP contribution >= 0.6 is 0 Å². The second kappa shape index (κ2) is 4.91. The number of hydrogen-bond donors (Lipinski definition) is 1. The van der Waals surface area contributed by atoms with Gasteiger partial charge in [-0.25, -0.2) is 4.39 Å². The Morgan fingerprint density at radius 1 is 1.39 bits per heavy atom. The maximum atomic E-state index is 13.5. The number of pyridine rings is 1. The van der Waals surface area contributed by atoms with Gasteiger partial charge in [-0.1, -0.05) is 6.07 Å². The Hall–Kier alpha value is -2.30. The molecule has 94 valence electrons. The molecule has 0 saturated carbocycles. The molecule has 0 fully saturated rings. The zero-order chi connectivity index (χ0) is 13.1. The number of nitrogens with zero attached hydrogens (tertiary/aromatic N) is 1. The van der Waals surface area contributed by atoms with Crippen LogP contribution in [0.25, 0.3) is 0 Å². The lowest BCUT2D eigenvalue weighted by molar-refractivity contribution is 0.386. The first-order chi connectivity index (χ1) is 8.60. The van der Waals surface area contributed by atoms with E-state index in [1.165, 1.54) is 25.4 Å². The maximum Gasteiger partial charge on any atom is 0.204 e. The summed E-state index contributed by atoms with van der Waals surface area (Å²) < 4.78 is 20.0. The number of nitrogen functional groups attached to an aromatic ring is 1. The van der Waals surface area contributed by atoms with Gasteiger partial charge >= 0.3 is 0 Å². The van der Waals surface area contributed by atoms with Crippen LogP contribution in [0, 0.1) is 5.82 Å². The Labute approximate surface area is 103 Å². The van der Waals surface area contributed by atoms with E-state index in [-0.39, 0.29) is 16.9 Å². The maximum absolute atomic E-state index is 13.5. The van der Waals surface area contributed by atoms with Crippen molar-refractivity contribution in [1.29, 1.82) is 0 Å². The number of aromatic nitrogens is 1. The Bertz CT molecular complexity index is 623. The average Bonchev–Trinajstić information content (AvgIpc) is 2.34. The number of hydrogen-bond acceptors (Lipinski definition) is 3. The van der Waals surface area contributed by atoms with Crippen LogP contribution in [-0.2, 0) is 6.54 Å². The fraction of sp³-hybridized carbons (Fsp3) is 0.154. The quantitative estimate of drug-likeness (QED) is 0.898.